The lowest BCUT2D eigenvalue weighted by molar-refractivity contribution is 0.103. The fourth-order valence-electron chi connectivity index (χ4n) is 3.16. The van der Waals surface area contributed by atoms with Crippen molar-refractivity contribution in [3.8, 4) is 5.75 Å². The number of thiophene rings is 1. The van der Waals surface area contributed by atoms with E-state index in [9.17, 15) is 4.79 Å². The average molecular weight is 377 g/mol. The molecule has 0 fully saturated rings. The number of nitrogens with one attached hydrogen (secondary N) is 1. The molecule has 2 heterocycles. The summed E-state index contributed by atoms with van der Waals surface area (Å²) in [6.45, 7) is 4.08. The van der Waals surface area contributed by atoms with Gasteiger partial charge in [0.15, 0.2) is 0 Å². The Morgan fingerprint density at radius 2 is 1.85 bits per heavy atom. The zero-order chi connectivity index (χ0) is 19.1. The number of fused-ring (bicyclic) bond motifs is 2. The fraction of sp³-hybridized carbons (Fsp3) is 0.143. The van der Waals surface area contributed by atoms with Crippen molar-refractivity contribution in [2.45, 2.75) is 13.8 Å². The minimum absolute atomic E-state index is 0.266. The number of aryl methyl sites for hydroxylation is 2. The number of amides is 1. The van der Waals surface area contributed by atoms with E-state index in [0.29, 0.717) is 22.0 Å². The maximum atomic E-state index is 12.8. The molecule has 0 saturated carbocycles. The Morgan fingerprint density at radius 3 is 2.63 bits per heavy atom. The van der Waals surface area contributed by atoms with Crippen molar-refractivity contribution in [3.63, 3.8) is 0 Å². The van der Waals surface area contributed by atoms with E-state index < -0.39 is 0 Å². The number of rotatable bonds is 3. The summed E-state index contributed by atoms with van der Waals surface area (Å²) in [4.78, 5) is 18.8. The highest BCUT2D eigenvalue weighted by Gasteiger charge is 2.19. The summed E-state index contributed by atoms with van der Waals surface area (Å²) < 4.78 is 5.29. The average Bonchev–Trinajstić information content (AvgIpc) is 3.00. The molecule has 0 unspecified atom stereocenters. The van der Waals surface area contributed by atoms with E-state index in [1.165, 1.54) is 11.3 Å². The van der Waals surface area contributed by atoms with Gasteiger partial charge < -0.3 is 15.8 Å². The first-order valence-corrected chi connectivity index (χ1v) is 9.34. The van der Waals surface area contributed by atoms with Gasteiger partial charge in [-0.2, -0.15) is 0 Å². The smallest absolute Gasteiger partial charge is 0.268 e. The lowest BCUT2D eigenvalue weighted by Crippen LogP contribution is -2.12. The molecule has 5 nitrogen and oxygen atoms in total. The molecule has 6 heteroatoms. The standard InChI is InChI=1S/C21H19N3O2S/c1-11-8-9-12(2)18-13(11)10-14-17(22)19(27-21(14)24-18)20(25)23-15-6-4-5-7-16(15)26-3/h4-10H,22H2,1-3H3,(H,23,25). The van der Waals surface area contributed by atoms with Gasteiger partial charge in [-0.3, -0.25) is 4.79 Å². The van der Waals surface area contributed by atoms with Crippen LogP contribution in [-0.2, 0) is 0 Å². The SMILES string of the molecule is COc1ccccc1NC(=O)c1sc2nc3c(C)ccc(C)c3cc2c1N. The molecule has 3 N–H and O–H groups in total. The fourth-order valence-corrected chi connectivity index (χ4v) is 4.13. The molecule has 4 rings (SSSR count). The molecule has 0 saturated heterocycles. The van der Waals surface area contributed by atoms with Gasteiger partial charge in [-0.1, -0.05) is 24.3 Å². The summed E-state index contributed by atoms with van der Waals surface area (Å²) in [5.74, 6) is 0.332. The number of ether oxygens (including phenoxy) is 1. The molecule has 27 heavy (non-hydrogen) atoms. The van der Waals surface area contributed by atoms with Crippen LogP contribution in [0.25, 0.3) is 21.1 Å². The molecule has 0 spiro atoms. The van der Waals surface area contributed by atoms with Crippen LogP contribution >= 0.6 is 11.3 Å². The molecule has 0 atom stereocenters. The normalized spacial score (nSPS) is 11.1. The zero-order valence-electron chi connectivity index (χ0n) is 15.3. The van der Waals surface area contributed by atoms with Gasteiger partial charge in [0, 0.05) is 10.8 Å². The van der Waals surface area contributed by atoms with Crippen LogP contribution in [0.2, 0.25) is 0 Å². The number of aromatic nitrogens is 1. The minimum Gasteiger partial charge on any atom is -0.495 e. The van der Waals surface area contributed by atoms with Crippen molar-refractivity contribution in [2.24, 2.45) is 0 Å². The summed E-state index contributed by atoms with van der Waals surface area (Å²) in [5, 5.41) is 4.75. The van der Waals surface area contributed by atoms with Crippen LogP contribution in [0.4, 0.5) is 11.4 Å². The highest BCUT2D eigenvalue weighted by atomic mass is 32.1. The van der Waals surface area contributed by atoms with E-state index in [-0.39, 0.29) is 5.91 Å². The molecule has 0 bridgehead atoms. The monoisotopic (exact) mass is 377 g/mol. The first-order chi connectivity index (χ1) is 13.0. The summed E-state index contributed by atoms with van der Waals surface area (Å²) in [5.41, 5.74) is 10.6. The first kappa shape index (κ1) is 17.3. The highest BCUT2D eigenvalue weighted by Crippen LogP contribution is 2.36. The zero-order valence-corrected chi connectivity index (χ0v) is 16.1. The summed E-state index contributed by atoms with van der Waals surface area (Å²) in [7, 11) is 1.57. The van der Waals surface area contributed by atoms with Crippen LogP contribution in [0.15, 0.2) is 42.5 Å². The van der Waals surface area contributed by atoms with E-state index >= 15 is 0 Å². The minimum atomic E-state index is -0.266. The van der Waals surface area contributed by atoms with Crippen molar-refractivity contribution in [3.05, 3.63) is 58.5 Å². The molecule has 0 aliphatic carbocycles. The number of carbonyl (C=O) groups is 1. The van der Waals surface area contributed by atoms with E-state index in [4.69, 9.17) is 15.5 Å². The number of pyridine rings is 1. The summed E-state index contributed by atoms with van der Waals surface area (Å²) >= 11 is 1.31. The Kier molecular flexibility index (Phi) is 4.20. The van der Waals surface area contributed by atoms with E-state index in [2.05, 4.69) is 17.4 Å². The maximum absolute atomic E-state index is 12.8. The van der Waals surface area contributed by atoms with Crippen LogP contribution in [0, 0.1) is 13.8 Å². The first-order valence-electron chi connectivity index (χ1n) is 8.53. The highest BCUT2D eigenvalue weighted by molar-refractivity contribution is 7.21. The number of hydrogen-bond acceptors (Lipinski definition) is 5. The topological polar surface area (TPSA) is 77.2 Å². The predicted octanol–water partition coefficient (Wildman–Crippen LogP) is 4.91. The van der Waals surface area contributed by atoms with Crippen molar-refractivity contribution in [1.82, 2.24) is 4.98 Å². The number of nitrogen functional groups attached to an aromatic ring is 1. The van der Waals surface area contributed by atoms with Crippen LogP contribution in [0.5, 0.6) is 5.75 Å². The molecule has 2 aromatic carbocycles. The second-order valence-electron chi connectivity index (χ2n) is 6.44. The number of hydrogen-bond donors (Lipinski definition) is 2. The third kappa shape index (κ3) is 2.88. The quantitative estimate of drug-likeness (QED) is 0.532. The van der Waals surface area contributed by atoms with E-state index in [1.54, 1.807) is 19.2 Å². The summed E-state index contributed by atoms with van der Waals surface area (Å²) in [6.07, 6.45) is 0. The lowest BCUT2D eigenvalue weighted by Gasteiger charge is -2.09. The molecular formula is C21H19N3O2S. The third-order valence-corrected chi connectivity index (χ3v) is 5.78. The van der Waals surface area contributed by atoms with Gasteiger partial charge in [-0.25, -0.2) is 4.98 Å². The van der Waals surface area contributed by atoms with Gasteiger partial charge in [0.05, 0.1) is 24.0 Å². The number of anilines is 2. The molecule has 2 aromatic heterocycles. The van der Waals surface area contributed by atoms with Gasteiger partial charge in [0.2, 0.25) is 0 Å². The Labute approximate surface area is 160 Å². The van der Waals surface area contributed by atoms with Gasteiger partial charge >= 0.3 is 0 Å². The summed E-state index contributed by atoms with van der Waals surface area (Å²) in [6, 6.07) is 13.4. The number of benzene rings is 2. The number of para-hydroxylation sites is 2. The van der Waals surface area contributed by atoms with Gasteiger partial charge in [0.25, 0.3) is 5.91 Å². The van der Waals surface area contributed by atoms with Crippen LogP contribution in [0.1, 0.15) is 20.8 Å². The molecule has 0 aliphatic rings. The Hall–Kier alpha value is -3.12. The van der Waals surface area contributed by atoms with Gasteiger partial charge in [-0.15, -0.1) is 11.3 Å². The number of methoxy groups -OCH3 is 1. The van der Waals surface area contributed by atoms with E-state index in [1.807, 2.05) is 32.0 Å². The largest absolute Gasteiger partial charge is 0.495 e. The van der Waals surface area contributed by atoms with Crippen LogP contribution in [-0.4, -0.2) is 18.0 Å². The Bertz CT molecular complexity index is 1200. The molecule has 0 radical (unpaired) electrons. The van der Waals surface area contributed by atoms with Crippen molar-refractivity contribution < 1.29 is 9.53 Å². The Balaban J connectivity index is 1.81. The second kappa shape index (κ2) is 6.55. The molecule has 0 aliphatic heterocycles. The lowest BCUT2D eigenvalue weighted by atomic mass is 10.0. The van der Waals surface area contributed by atoms with Gasteiger partial charge in [0.1, 0.15) is 15.5 Å². The molecule has 1 amide bonds. The number of nitrogens with two attached hydrogens (primary N) is 1. The third-order valence-electron chi connectivity index (χ3n) is 4.66. The van der Waals surface area contributed by atoms with Crippen molar-refractivity contribution in [2.75, 3.05) is 18.2 Å². The Morgan fingerprint density at radius 1 is 1.11 bits per heavy atom. The van der Waals surface area contributed by atoms with E-state index in [0.717, 1.165) is 32.2 Å². The molecular weight excluding hydrogens is 358 g/mol. The maximum Gasteiger partial charge on any atom is 0.268 e. The number of nitrogens with zero attached hydrogens (tertiary/aromatic N) is 1. The molecule has 4 aromatic rings. The van der Waals surface area contributed by atoms with Gasteiger partial charge in [-0.05, 0) is 43.2 Å². The molecule has 136 valence electrons. The van der Waals surface area contributed by atoms with Crippen LogP contribution in [0.3, 0.4) is 0 Å². The second-order valence-corrected chi connectivity index (χ2v) is 7.43. The van der Waals surface area contributed by atoms with Crippen molar-refractivity contribution in [1.29, 1.82) is 0 Å². The van der Waals surface area contributed by atoms with Crippen molar-refractivity contribution >= 4 is 49.7 Å². The number of carbonyl (C=O) groups excluding carboxylic acids is 1. The predicted molar refractivity (Wildman–Crippen MR) is 112 cm³/mol. The van der Waals surface area contributed by atoms with Crippen LogP contribution < -0.4 is 15.8 Å².